The summed E-state index contributed by atoms with van der Waals surface area (Å²) in [5.41, 5.74) is -0.250. The molecule has 1 heterocycles. The second kappa shape index (κ2) is 7.29. The fourth-order valence-electron chi connectivity index (χ4n) is 2.82. The number of hydrogen-bond acceptors (Lipinski definition) is 4. The summed E-state index contributed by atoms with van der Waals surface area (Å²) >= 11 is 0. The number of aliphatic carboxylic acids is 1. The lowest BCUT2D eigenvalue weighted by Gasteiger charge is -2.36. The molecule has 0 radical (unpaired) electrons. The molecular weight excluding hydrogens is 319 g/mol. The van der Waals surface area contributed by atoms with Crippen LogP contribution in [0.15, 0.2) is 18.2 Å². The number of nitrogens with zero attached hydrogens (tertiary/aromatic N) is 1. The molecule has 24 heavy (non-hydrogen) atoms. The van der Waals surface area contributed by atoms with Crippen molar-refractivity contribution in [2.24, 2.45) is 5.92 Å². The lowest BCUT2D eigenvalue weighted by atomic mass is 9.91. The number of hydrogen-bond donors (Lipinski definition) is 2. The Morgan fingerprint density at radius 2 is 2.04 bits per heavy atom. The molecule has 0 bridgehead atoms. The summed E-state index contributed by atoms with van der Waals surface area (Å²) in [6.45, 7) is -0.0685. The van der Waals surface area contributed by atoms with Crippen LogP contribution in [-0.2, 0) is 9.59 Å². The minimum atomic E-state index is -1.17. The maximum atomic E-state index is 14.1. The van der Waals surface area contributed by atoms with Crippen LogP contribution in [0.2, 0.25) is 0 Å². The summed E-state index contributed by atoms with van der Waals surface area (Å²) in [7, 11) is 2.84. The molecule has 1 aliphatic heterocycles. The van der Waals surface area contributed by atoms with Crippen LogP contribution < -0.4 is 10.1 Å². The number of carbonyl (C=O) groups excluding carboxylic acids is 2. The number of carbonyl (C=O) groups is 3. The molecule has 1 aromatic carbocycles. The molecule has 1 fully saturated rings. The minimum absolute atomic E-state index is 0.0685. The number of amides is 2. The van der Waals surface area contributed by atoms with Gasteiger partial charge in [0.05, 0.1) is 18.6 Å². The van der Waals surface area contributed by atoms with E-state index >= 15 is 0 Å². The molecule has 0 aliphatic carbocycles. The second-order valence-corrected chi connectivity index (χ2v) is 5.55. The van der Waals surface area contributed by atoms with E-state index in [-0.39, 0.29) is 30.2 Å². The molecule has 2 atom stereocenters. The van der Waals surface area contributed by atoms with Crippen LogP contribution in [0.25, 0.3) is 0 Å². The number of carboxylic acids is 1. The van der Waals surface area contributed by atoms with Gasteiger partial charge in [-0.05, 0) is 25.0 Å². The van der Waals surface area contributed by atoms with Crippen LogP contribution in [0, 0.1) is 11.7 Å². The number of nitrogens with one attached hydrogen (secondary N) is 1. The molecule has 2 rings (SSSR count). The summed E-state index contributed by atoms with van der Waals surface area (Å²) in [6, 6.07) is 2.65. The smallest absolute Gasteiger partial charge is 0.326 e. The highest BCUT2D eigenvalue weighted by Gasteiger charge is 2.39. The number of carboxylic acid groups (broad SMARTS) is 1. The monoisotopic (exact) mass is 338 g/mol. The van der Waals surface area contributed by atoms with Crippen molar-refractivity contribution in [3.05, 3.63) is 29.6 Å². The first kappa shape index (κ1) is 17.7. The van der Waals surface area contributed by atoms with E-state index < -0.39 is 29.7 Å². The van der Waals surface area contributed by atoms with Crippen LogP contribution in [0.4, 0.5) is 4.39 Å². The quantitative estimate of drug-likeness (QED) is 0.850. The van der Waals surface area contributed by atoms with E-state index in [2.05, 4.69) is 5.32 Å². The van der Waals surface area contributed by atoms with E-state index in [9.17, 15) is 23.9 Å². The Hall–Kier alpha value is -2.64. The average Bonchev–Trinajstić information content (AvgIpc) is 2.59. The second-order valence-electron chi connectivity index (χ2n) is 5.55. The number of ether oxygens (including phenoxy) is 1. The van der Waals surface area contributed by atoms with E-state index in [1.807, 2.05) is 0 Å². The molecule has 1 saturated heterocycles. The van der Waals surface area contributed by atoms with Gasteiger partial charge in [-0.25, -0.2) is 9.18 Å². The van der Waals surface area contributed by atoms with Gasteiger partial charge in [0.2, 0.25) is 5.91 Å². The van der Waals surface area contributed by atoms with Crippen molar-refractivity contribution in [1.82, 2.24) is 10.2 Å². The molecule has 0 aromatic heterocycles. The fourth-order valence-corrected chi connectivity index (χ4v) is 2.82. The molecule has 1 aromatic rings. The van der Waals surface area contributed by atoms with Crippen molar-refractivity contribution in [3.8, 4) is 5.75 Å². The third-order valence-corrected chi connectivity index (χ3v) is 4.15. The summed E-state index contributed by atoms with van der Waals surface area (Å²) in [5.74, 6) is -3.27. The van der Waals surface area contributed by atoms with Gasteiger partial charge in [-0.15, -0.1) is 0 Å². The zero-order valence-corrected chi connectivity index (χ0v) is 13.4. The van der Waals surface area contributed by atoms with E-state index in [4.69, 9.17) is 4.74 Å². The zero-order chi connectivity index (χ0) is 17.9. The zero-order valence-electron chi connectivity index (χ0n) is 13.4. The molecule has 0 saturated carbocycles. The highest BCUT2D eigenvalue weighted by molar-refractivity contribution is 5.97. The fraction of sp³-hybridized carbons (Fsp3) is 0.438. The Bertz CT molecular complexity index is 664. The maximum Gasteiger partial charge on any atom is 0.326 e. The van der Waals surface area contributed by atoms with E-state index in [0.29, 0.717) is 6.42 Å². The van der Waals surface area contributed by atoms with Crippen LogP contribution in [0.3, 0.4) is 0 Å². The third kappa shape index (κ3) is 3.47. The number of methoxy groups -OCH3 is 1. The van der Waals surface area contributed by atoms with Crippen molar-refractivity contribution < 1.29 is 28.6 Å². The van der Waals surface area contributed by atoms with Gasteiger partial charge < -0.3 is 20.1 Å². The molecule has 2 N–H and O–H groups in total. The van der Waals surface area contributed by atoms with Crippen LogP contribution in [0.1, 0.15) is 23.2 Å². The largest absolute Gasteiger partial charge is 0.497 e. The van der Waals surface area contributed by atoms with Gasteiger partial charge >= 0.3 is 5.97 Å². The van der Waals surface area contributed by atoms with E-state index in [0.717, 1.165) is 11.0 Å². The van der Waals surface area contributed by atoms with Gasteiger partial charge in [0.15, 0.2) is 0 Å². The van der Waals surface area contributed by atoms with Crippen molar-refractivity contribution in [1.29, 1.82) is 0 Å². The SMILES string of the molecule is CNC(=O)[C@H]1CC[C@@H](C(=O)O)N(C(=O)c2ccc(OC)cc2F)C1. The predicted octanol–water partition coefficient (Wildman–Crippen LogP) is 0.886. The molecule has 7 nitrogen and oxygen atoms in total. The molecule has 130 valence electrons. The van der Waals surface area contributed by atoms with Crippen molar-refractivity contribution >= 4 is 17.8 Å². The number of rotatable bonds is 4. The highest BCUT2D eigenvalue weighted by Crippen LogP contribution is 2.26. The van der Waals surface area contributed by atoms with E-state index in [1.54, 1.807) is 0 Å². The summed E-state index contributed by atoms with van der Waals surface area (Å²) in [5, 5.41) is 11.8. The first-order chi connectivity index (χ1) is 11.4. The highest BCUT2D eigenvalue weighted by atomic mass is 19.1. The summed E-state index contributed by atoms with van der Waals surface area (Å²) < 4.78 is 19.0. The molecule has 2 amide bonds. The van der Waals surface area contributed by atoms with Gasteiger partial charge in [0.1, 0.15) is 17.6 Å². The Kier molecular flexibility index (Phi) is 5.38. The first-order valence-electron chi connectivity index (χ1n) is 7.48. The standard InChI is InChI=1S/C16H19FN2O5/c1-18-14(20)9-3-6-13(16(22)23)19(8-9)15(21)11-5-4-10(24-2)7-12(11)17/h4-5,7,9,13H,3,6,8H2,1-2H3,(H,18,20)(H,22,23)/t9-,13-/m0/s1. The van der Waals surface area contributed by atoms with Crippen molar-refractivity contribution in [2.75, 3.05) is 20.7 Å². The Labute approximate surface area is 138 Å². The van der Waals surface area contributed by atoms with Gasteiger partial charge in [-0.3, -0.25) is 9.59 Å². The van der Waals surface area contributed by atoms with Gasteiger partial charge in [0.25, 0.3) is 5.91 Å². The van der Waals surface area contributed by atoms with Gasteiger partial charge in [0, 0.05) is 19.7 Å². The molecule has 1 aliphatic rings. The Balaban J connectivity index is 2.31. The number of piperidine rings is 1. The number of benzene rings is 1. The van der Waals surface area contributed by atoms with Crippen LogP contribution >= 0.6 is 0 Å². The van der Waals surface area contributed by atoms with Gasteiger partial charge in [-0.1, -0.05) is 0 Å². The molecule has 8 heteroatoms. The first-order valence-corrected chi connectivity index (χ1v) is 7.48. The maximum absolute atomic E-state index is 14.1. The molecule has 0 spiro atoms. The Morgan fingerprint density at radius 1 is 1.33 bits per heavy atom. The Morgan fingerprint density at radius 3 is 2.58 bits per heavy atom. The van der Waals surface area contributed by atoms with Crippen molar-refractivity contribution in [2.45, 2.75) is 18.9 Å². The summed E-state index contributed by atoms with van der Waals surface area (Å²) in [4.78, 5) is 36.9. The average molecular weight is 338 g/mol. The normalized spacial score (nSPS) is 20.4. The van der Waals surface area contributed by atoms with Crippen LogP contribution in [-0.4, -0.2) is 54.5 Å². The van der Waals surface area contributed by atoms with E-state index in [1.165, 1.54) is 26.3 Å². The van der Waals surface area contributed by atoms with Crippen LogP contribution in [0.5, 0.6) is 5.75 Å². The molecular formula is C16H19FN2O5. The lowest BCUT2D eigenvalue weighted by Crippen LogP contribution is -2.53. The van der Waals surface area contributed by atoms with Gasteiger partial charge in [-0.2, -0.15) is 0 Å². The van der Waals surface area contributed by atoms with Crippen molar-refractivity contribution in [3.63, 3.8) is 0 Å². The predicted molar refractivity (Wildman–Crippen MR) is 82.2 cm³/mol. The minimum Gasteiger partial charge on any atom is -0.497 e. The number of likely N-dealkylation sites (tertiary alicyclic amines) is 1. The molecule has 0 unspecified atom stereocenters. The lowest BCUT2D eigenvalue weighted by molar-refractivity contribution is -0.145. The topological polar surface area (TPSA) is 95.9 Å². The third-order valence-electron chi connectivity index (χ3n) is 4.15. The number of halogens is 1. The summed E-state index contributed by atoms with van der Waals surface area (Å²) in [6.07, 6.45) is 0.489.